The number of hydrogen-bond acceptors (Lipinski definition) is 6. The molecule has 1 aromatic heterocycles. The van der Waals surface area contributed by atoms with E-state index in [9.17, 15) is 5.11 Å². The largest absolute Gasteiger partial charge is 0.394 e. The number of benzene rings is 2. The second-order valence-corrected chi connectivity index (χ2v) is 7.15. The molecule has 1 atom stereocenters. The molecule has 0 saturated carbocycles. The molecule has 0 fully saturated rings. The van der Waals surface area contributed by atoms with Crippen molar-refractivity contribution in [3.05, 3.63) is 70.7 Å². The number of aromatic nitrogens is 1. The van der Waals surface area contributed by atoms with Crippen LogP contribution in [-0.2, 0) is 0 Å². The van der Waals surface area contributed by atoms with E-state index in [1.165, 1.54) is 11.9 Å². The number of aliphatic hydroxyl groups is 1. The number of hydrogen-bond donors (Lipinski definition) is 3. The van der Waals surface area contributed by atoms with Crippen LogP contribution < -0.4 is 10.0 Å². The van der Waals surface area contributed by atoms with Gasteiger partial charge >= 0.3 is 0 Å². The van der Waals surface area contributed by atoms with Gasteiger partial charge in [0.1, 0.15) is 0 Å². The highest BCUT2D eigenvalue weighted by Gasteiger charge is 2.12. The first kappa shape index (κ1) is 17.1. The molecule has 0 unspecified atom stereocenters. The Kier molecular flexibility index (Phi) is 5.98. The fraction of sp³-hybridized carbons (Fsp3) is 0.118. The highest BCUT2D eigenvalue weighted by molar-refractivity contribution is 8.00. The van der Waals surface area contributed by atoms with Crippen LogP contribution in [0.2, 0.25) is 5.02 Å². The van der Waals surface area contributed by atoms with Crippen molar-refractivity contribution in [2.75, 3.05) is 16.6 Å². The van der Waals surface area contributed by atoms with Crippen LogP contribution in [0.3, 0.4) is 0 Å². The highest BCUT2D eigenvalue weighted by atomic mass is 35.5. The monoisotopic (exact) mass is 377 g/mol. The van der Waals surface area contributed by atoms with Crippen molar-refractivity contribution in [3.8, 4) is 0 Å². The number of aliphatic hydroxyl groups excluding tert-OH is 1. The Morgan fingerprint density at radius 2 is 2.04 bits per heavy atom. The second-order valence-electron chi connectivity index (χ2n) is 4.97. The summed E-state index contributed by atoms with van der Waals surface area (Å²) < 4.78 is 3.17. The number of rotatable bonds is 7. The van der Waals surface area contributed by atoms with Crippen LogP contribution in [0.15, 0.2) is 65.0 Å². The van der Waals surface area contributed by atoms with E-state index in [-0.39, 0.29) is 12.6 Å². The molecule has 0 spiro atoms. The van der Waals surface area contributed by atoms with Crippen LogP contribution in [0.5, 0.6) is 0 Å². The molecule has 0 aliphatic rings. The van der Waals surface area contributed by atoms with Gasteiger partial charge in [0.25, 0.3) is 0 Å². The zero-order valence-corrected chi connectivity index (χ0v) is 15.0. The molecule has 0 radical (unpaired) electrons. The van der Waals surface area contributed by atoms with E-state index in [1.54, 1.807) is 17.5 Å². The van der Waals surface area contributed by atoms with E-state index in [0.29, 0.717) is 5.02 Å². The van der Waals surface area contributed by atoms with Crippen LogP contribution in [0.25, 0.3) is 0 Å². The molecule has 0 saturated heterocycles. The summed E-state index contributed by atoms with van der Waals surface area (Å²) in [6, 6.07) is 15.4. The molecule has 3 aromatic rings. The fourth-order valence-corrected chi connectivity index (χ4v) is 3.72. The van der Waals surface area contributed by atoms with Crippen molar-refractivity contribution in [1.29, 1.82) is 0 Å². The third-order valence-corrected chi connectivity index (χ3v) is 5.26. The van der Waals surface area contributed by atoms with Crippen molar-refractivity contribution < 1.29 is 5.11 Å². The summed E-state index contributed by atoms with van der Waals surface area (Å²) in [6.07, 6.45) is 1.76. The van der Waals surface area contributed by atoms with E-state index in [4.69, 9.17) is 11.6 Å². The lowest BCUT2D eigenvalue weighted by atomic mass is 10.1. The molecule has 1 heterocycles. The molecule has 0 aliphatic heterocycles. The first-order valence-electron chi connectivity index (χ1n) is 7.30. The summed E-state index contributed by atoms with van der Waals surface area (Å²) in [6.45, 7) is -0.0115. The maximum Gasteiger partial charge on any atom is 0.192 e. The van der Waals surface area contributed by atoms with Gasteiger partial charge in [-0.3, -0.25) is 0 Å². The Balaban J connectivity index is 1.67. The summed E-state index contributed by atoms with van der Waals surface area (Å²) in [4.78, 5) is 5.16. The molecule has 0 bridgehead atoms. The van der Waals surface area contributed by atoms with E-state index in [2.05, 4.69) is 15.0 Å². The van der Waals surface area contributed by atoms with Crippen LogP contribution in [0, 0.1) is 0 Å². The van der Waals surface area contributed by atoms with Gasteiger partial charge in [0.05, 0.1) is 23.4 Å². The lowest BCUT2D eigenvalue weighted by Gasteiger charge is -2.19. The molecule has 0 amide bonds. The van der Waals surface area contributed by atoms with E-state index < -0.39 is 0 Å². The predicted octanol–water partition coefficient (Wildman–Crippen LogP) is 5.06. The number of nitrogens with one attached hydrogen (secondary N) is 2. The van der Waals surface area contributed by atoms with Gasteiger partial charge in [-0.05, 0) is 35.7 Å². The smallest absolute Gasteiger partial charge is 0.192 e. The number of halogens is 1. The molecule has 3 rings (SSSR count). The Labute approximate surface area is 154 Å². The van der Waals surface area contributed by atoms with E-state index in [0.717, 1.165) is 21.3 Å². The van der Waals surface area contributed by atoms with Crippen molar-refractivity contribution in [3.63, 3.8) is 0 Å². The number of thiazole rings is 1. The van der Waals surface area contributed by atoms with Gasteiger partial charge in [0, 0.05) is 16.5 Å². The molecule has 7 heteroatoms. The summed E-state index contributed by atoms with van der Waals surface area (Å²) in [5.41, 5.74) is 1.80. The summed E-state index contributed by atoms with van der Waals surface area (Å²) in [5, 5.41) is 16.3. The number of nitrogens with zero attached hydrogens (tertiary/aromatic N) is 1. The van der Waals surface area contributed by atoms with Crippen molar-refractivity contribution in [1.82, 2.24) is 4.98 Å². The van der Waals surface area contributed by atoms with Gasteiger partial charge in [0.2, 0.25) is 0 Å². The first-order valence-corrected chi connectivity index (χ1v) is 9.38. The molecule has 124 valence electrons. The normalized spacial score (nSPS) is 11.9. The Hall–Kier alpha value is -1.73. The average Bonchev–Trinajstić information content (AvgIpc) is 3.13. The quantitative estimate of drug-likeness (QED) is 0.502. The highest BCUT2D eigenvalue weighted by Crippen LogP contribution is 2.31. The molecule has 24 heavy (non-hydrogen) atoms. The lowest BCUT2D eigenvalue weighted by molar-refractivity contribution is 0.276. The molecular weight excluding hydrogens is 362 g/mol. The fourth-order valence-electron chi connectivity index (χ4n) is 2.16. The molecular formula is C17H16ClN3OS2. The van der Waals surface area contributed by atoms with Gasteiger partial charge in [-0.15, -0.1) is 11.3 Å². The first-order chi connectivity index (χ1) is 11.8. The van der Waals surface area contributed by atoms with Gasteiger partial charge in [0.15, 0.2) is 5.13 Å². The lowest BCUT2D eigenvalue weighted by Crippen LogP contribution is -2.14. The molecule has 3 N–H and O–H groups in total. The van der Waals surface area contributed by atoms with Gasteiger partial charge < -0.3 is 15.1 Å². The standard InChI is InChI=1S/C17H16ClN3OS2/c18-14-10-13(24-21-17-19-8-9-23-17)6-7-15(14)20-16(11-22)12-4-2-1-3-5-12/h1-10,16,20,22H,11H2,(H,19,21)/t16-/m0/s1. The minimum atomic E-state index is -0.198. The van der Waals surface area contributed by atoms with E-state index in [1.807, 2.05) is 53.9 Å². The van der Waals surface area contributed by atoms with Crippen LogP contribution in [-0.4, -0.2) is 16.7 Å². The SMILES string of the molecule is OC[C@H](Nc1ccc(SNc2nccs2)cc1Cl)c1ccccc1. The maximum atomic E-state index is 9.65. The summed E-state index contributed by atoms with van der Waals surface area (Å²) >= 11 is 9.38. The molecule has 2 aromatic carbocycles. The zero-order chi connectivity index (χ0) is 16.8. The van der Waals surface area contributed by atoms with Crippen LogP contribution in [0.1, 0.15) is 11.6 Å². The second kappa shape index (κ2) is 8.39. The minimum Gasteiger partial charge on any atom is -0.394 e. The van der Waals surface area contributed by atoms with Crippen molar-refractivity contribution in [2.24, 2.45) is 0 Å². The van der Waals surface area contributed by atoms with Gasteiger partial charge in [-0.25, -0.2) is 4.98 Å². The summed E-state index contributed by atoms with van der Waals surface area (Å²) in [5.74, 6) is 0. The van der Waals surface area contributed by atoms with E-state index >= 15 is 0 Å². The minimum absolute atomic E-state index is 0.0115. The van der Waals surface area contributed by atoms with Crippen LogP contribution in [0.4, 0.5) is 10.8 Å². The average molecular weight is 378 g/mol. The summed E-state index contributed by atoms with van der Waals surface area (Å²) in [7, 11) is 0. The maximum absolute atomic E-state index is 9.65. The Morgan fingerprint density at radius 1 is 1.21 bits per heavy atom. The number of anilines is 2. The van der Waals surface area contributed by atoms with Crippen molar-refractivity contribution in [2.45, 2.75) is 10.9 Å². The molecule has 0 aliphatic carbocycles. The zero-order valence-electron chi connectivity index (χ0n) is 12.6. The van der Waals surface area contributed by atoms with Gasteiger partial charge in [-0.2, -0.15) is 0 Å². The van der Waals surface area contributed by atoms with Gasteiger partial charge in [-0.1, -0.05) is 41.9 Å². The predicted molar refractivity (Wildman–Crippen MR) is 103 cm³/mol. The third kappa shape index (κ3) is 4.42. The Bertz CT molecular complexity index is 769. The molecule has 4 nitrogen and oxygen atoms in total. The van der Waals surface area contributed by atoms with Crippen LogP contribution >= 0.6 is 34.9 Å². The van der Waals surface area contributed by atoms with Crippen molar-refractivity contribution >= 4 is 45.7 Å². The third-order valence-electron chi connectivity index (χ3n) is 3.34. The Morgan fingerprint density at radius 3 is 2.71 bits per heavy atom. The topological polar surface area (TPSA) is 57.2 Å².